The molecule has 10 heavy (non-hydrogen) atoms. The third-order valence-corrected chi connectivity index (χ3v) is 2.28. The van der Waals surface area contributed by atoms with E-state index in [0.717, 1.165) is 10.2 Å². The molecule has 1 heterocycles. The maximum atomic E-state index is 5.66. The minimum Gasteiger partial charge on any atom is -0.345 e. The number of halogens is 1. The molecule has 1 aromatic rings. The van der Waals surface area contributed by atoms with Crippen LogP contribution in [0.25, 0.3) is 0 Å². The highest BCUT2D eigenvalue weighted by Gasteiger charge is 2.02. The largest absolute Gasteiger partial charge is 0.345 e. The van der Waals surface area contributed by atoms with Crippen molar-refractivity contribution in [2.45, 2.75) is 13.0 Å². The van der Waals surface area contributed by atoms with Crippen molar-refractivity contribution in [2.75, 3.05) is 0 Å². The molecular formula is C7H11BrN2. The molecule has 1 rings (SSSR count). The van der Waals surface area contributed by atoms with Crippen LogP contribution in [-0.4, -0.2) is 4.57 Å². The van der Waals surface area contributed by atoms with Gasteiger partial charge in [-0.25, -0.2) is 0 Å². The molecule has 0 radical (unpaired) electrons. The maximum Gasteiger partial charge on any atom is 0.0847 e. The van der Waals surface area contributed by atoms with E-state index in [2.05, 4.69) is 15.9 Å². The Morgan fingerprint density at radius 1 is 1.70 bits per heavy atom. The molecule has 0 saturated carbocycles. The predicted octanol–water partition coefficient (Wildman–Crippen LogP) is 1.81. The SMILES string of the molecule is CC(N)c1cc(Br)n(C)c1. The standard InChI is InChI=1S/C7H11BrN2/c1-5(9)6-3-7(8)10(2)4-6/h3-5H,9H2,1-2H3. The van der Waals surface area contributed by atoms with E-state index in [1.807, 2.05) is 30.8 Å². The minimum atomic E-state index is 0.123. The van der Waals surface area contributed by atoms with Crippen LogP contribution in [-0.2, 0) is 7.05 Å². The zero-order valence-corrected chi connectivity index (χ0v) is 7.72. The molecule has 0 aliphatic carbocycles. The summed E-state index contributed by atoms with van der Waals surface area (Å²) in [7, 11) is 1.98. The van der Waals surface area contributed by atoms with Gasteiger partial charge >= 0.3 is 0 Å². The fraction of sp³-hybridized carbons (Fsp3) is 0.429. The molecule has 3 heteroatoms. The molecule has 1 atom stereocenters. The average Bonchev–Trinajstić information content (AvgIpc) is 2.13. The number of nitrogens with two attached hydrogens (primary N) is 1. The first-order valence-electron chi connectivity index (χ1n) is 3.18. The summed E-state index contributed by atoms with van der Waals surface area (Å²) >= 11 is 3.39. The van der Waals surface area contributed by atoms with Gasteiger partial charge in [-0.1, -0.05) is 0 Å². The Balaban J connectivity index is 2.98. The summed E-state index contributed by atoms with van der Waals surface area (Å²) in [4.78, 5) is 0. The van der Waals surface area contributed by atoms with Crippen molar-refractivity contribution in [3.8, 4) is 0 Å². The lowest BCUT2D eigenvalue weighted by atomic mass is 10.2. The first kappa shape index (κ1) is 7.82. The molecule has 0 fully saturated rings. The van der Waals surface area contributed by atoms with Crippen molar-refractivity contribution in [2.24, 2.45) is 12.8 Å². The normalized spacial score (nSPS) is 13.6. The van der Waals surface area contributed by atoms with Crippen molar-refractivity contribution >= 4 is 15.9 Å². The Hall–Kier alpha value is -0.280. The van der Waals surface area contributed by atoms with E-state index in [-0.39, 0.29) is 6.04 Å². The summed E-state index contributed by atoms with van der Waals surface area (Å²) in [5.74, 6) is 0. The summed E-state index contributed by atoms with van der Waals surface area (Å²) < 4.78 is 3.07. The topological polar surface area (TPSA) is 30.9 Å². The van der Waals surface area contributed by atoms with Crippen molar-refractivity contribution < 1.29 is 0 Å². The molecule has 0 amide bonds. The Morgan fingerprint density at radius 3 is 2.50 bits per heavy atom. The zero-order valence-electron chi connectivity index (χ0n) is 6.13. The smallest absolute Gasteiger partial charge is 0.0847 e. The van der Waals surface area contributed by atoms with Crippen LogP contribution < -0.4 is 5.73 Å². The molecule has 0 spiro atoms. The predicted molar refractivity (Wildman–Crippen MR) is 45.7 cm³/mol. The van der Waals surface area contributed by atoms with E-state index in [0.29, 0.717) is 0 Å². The van der Waals surface area contributed by atoms with E-state index in [1.165, 1.54) is 0 Å². The molecule has 2 N–H and O–H groups in total. The van der Waals surface area contributed by atoms with E-state index >= 15 is 0 Å². The van der Waals surface area contributed by atoms with Crippen LogP contribution in [0.5, 0.6) is 0 Å². The van der Waals surface area contributed by atoms with Crippen molar-refractivity contribution in [1.82, 2.24) is 4.57 Å². The van der Waals surface area contributed by atoms with Gasteiger partial charge in [-0.3, -0.25) is 0 Å². The summed E-state index contributed by atoms with van der Waals surface area (Å²) in [5.41, 5.74) is 6.82. The van der Waals surface area contributed by atoms with Gasteiger partial charge in [0.2, 0.25) is 0 Å². The van der Waals surface area contributed by atoms with Gasteiger partial charge in [0.25, 0.3) is 0 Å². The van der Waals surface area contributed by atoms with Crippen LogP contribution >= 0.6 is 15.9 Å². The van der Waals surface area contributed by atoms with Crippen LogP contribution in [0.4, 0.5) is 0 Å². The van der Waals surface area contributed by atoms with Gasteiger partial charge in [0.05, 0.1) is 4.60 Å². The van der Waals surface area contributed by atoms with Crippen molar-refractivity contribution in [3.05, 3.63) is 22.4 Å². The Labute approximate surface area is 69.2 Å². The summed E-state index contributed by atoms with van der Waals surface area (Å²) in [6.07, 6.45) is 2.02. The number of hydrogen-bond acceptors (Lipinski definition) is 1. The number of rotatable bonds is 1. The molecular weight excluding hydrogens is 192 g/mol. The molecule has 1 aromatic heterocycles. The van der Waals surface area contributed by atoms with E-state index in [9.17, 15) is 0 Å². The number of hydrogen-bond donors (Lipinski definition) is 1. The van der Waals surface area contributed by atoms with Gasteiger partial charge in [-0.2, -0.15) is 0 Å². The highest BCUT2D eigenvalue weighted by molar-refractivity contribution is 9.10. The quantitative estimate of drug-likeness (QED) is 0.741. The zero-order chi connectivity index (χ0) is 7.72. The fourth-order valence-corrected chi connectivity index (χ4v) is 1.18. The van der Waals surface area contributed by atoms with Crippen LogP contribution in [0, 0.1) is 0 Å². The third-order valence-electron chi connectivity index (χ3n) is 1.49. The highest BCUT2D eigenvalue weighted by Crippen LogP contribution is 2.17. The molecule has 1 unspecified atom stereocenters. The number of nitrogens with zero attached hydrogens (tertiary/aromatic N) is 1. The molecule has 0 aliphatic heterocycles. The minimum absolute atomic E-state index is 0.123. The Morgan fingerprint density at radius 2 is 2.30 bits per heavy atom. The Kier molecular flexibility index (Phi) is 2.16. The second kappa shape index (κ2) is 2.76. The highest BCUT2D eigenvalue weighted by atomic mass is 79.9. The Bertz CT molecular complexity index is 208. The van der Waals surface area contributed by atoms with E-state index in [1.54, 1.807) is 0 Å². The van der Waals surface area contributed by atoms with Gasteiger partial charge in [0, 0.05) is 19.3 Å². The van der Waals surface area contributed by atoms with Gasteiger partial charge in [0.1, 0.15) is 0 Å². The summed E-state index contributed by atoms with van der Waals surface area (Å²) in [5, 5.41) is 0. The molecule has 0 aliphatic rings. The number of aromatic nitrogens is 1. The van der Waals surface area contributed by atoms with Crippen LogP contribution in [0.15, 0.2) is 16.9 Å². The number of aryl methyl sites for hydroxylation is 1. The molecule has 0 aromatic carbocycles. The summed E-state index contributed by atoms with van der Waals surface area (Å²) in [6.45, 7) is 1.97. The van der Waals surface area contributed by atoms with Crippen LogP contribution in [0.3, 0.4) is 0 Å². The molecule has 56 valence electrons. The average molecular weight is 203 g/mol. The van der Waals surface area contributed by atoms with Gasteiger partial charge in [-0.05, 0) is 34.5 Å². The van der Waals surface area contributed by atoms with E-state index in [4.69, 9.17) is 5.73 Å². The molecule has 0 saturated heterocycles. The third kappa shape index (κ3) is 1.41. The van der Waals surface area contributed by atoms with Crippen molar-refractivity contribution in [1.29, 1.82) is 0 Å². The van der Waals surface area contributed by atoms with Gasteiger partial charge in [-0.15, -0.1) is 0 Å². The van der Waals surface area contributed by atoms with Crippen molar-refractivity contribution in [3.63, 3.8) is 0 Å². The van der Waals surface area contributed by atoms with Gasteiger partial charge in [0.15, 0.2) is 0 Å². The van der Waals surface area contributed by atoms with Crippen LogP contribution in [0.2, 0.25) is 0 Å². The lowest BCUT2D eigenvalue weighted by Gasteiger charge is -1.97. The first-order valence-corrected chi connectivity index (χ1v) is 3.98. The fourth-order valence-electron chi connectivity index (χ4n) is 0.811. The molecule has 2 nitrogen and oxygen atoms in total. The van der Waals surface area contributed by atoms with Crippen LogP contribution in [0.1, 0.15) is 18.5 Å². The van der Waals surface area contributed by atoms with E-state index < -0.39 is 0 Å². The summed E-state index contributed by atoms with van der Waals surface area (Å²) in [6, 6.07) is 2.16. The molecule has 0 bridgehead atoms. The first-order chi connectivity index (χ1) is 4.61. The lowest BCUT2D eigenvalue weighted by molar-refractivity contribution is 0.808. The second-order valence-electron chi connectivity index (χ2n) is 2.50. The monoisotopic (exact) mass is 202 g/mol. The lowest BCUT2D eigenvalue weighted by Crippen LogP contribution is -2.03. The van der Waals surface area contributed by atoms with Gasteiger partial charge < -0.3 is 10.3 Å². The second-order valence-corrected chi connectivity index (χ2v) is 3.31. The maximum absolute atomic E-state index is 5.66.